The van der Waals surface area contributed by atoms with E-state index in [0.29, 0.717) is 13.1 Å². The Labute approximate surface area is 168 Å². The minimum absolute atomic E-state index is 0.0234. The highest BCUT2D eigenvalue weighted by molar-refractivity contribution is 5.89. The van der Waals surface area contributed by atoms with E-state index in [9.17, 15) is 9.59 Å². The molecule has 148 valence electrons. The maximum atomic E-state index is 13.1. The van der Waals surface area contributed by atoms with Crippen LogP contribution in [-0.4, -0.2) is 33.5 Å². The number of carbonyl (C=O) groups excluding carboxylic acids is 2. The number of benzene rings is 2. The molecule has 1 unspecified atom stereocenters. The Morgan fingerprint density at radius 2 is 1.86 bits per heavy atom. The first-order chi connectivity index (χ1) is 14.1. The van der Waals surface area contributed by atoms with Crippen molar-refractivity contribution in [3.63, 3.8) is 0 Å². The number of aromatic nitrogens is 2. The zero-order valence-corrected chi connectivity index (χ0v) is 16.2. The quantitative estimate of drug-likeness (QED) is 0.624. The molecule has 0 radical (unpaired) electrons. The van der Waals surface area contributed by atoms with Crippen molar-refractivity contribution in [1.29, 1.82) is 0 Å². The van der Waals surface area contributed by atoms with Gasteiger partial charge in [0, 0.05) is 30.3 Å². The lowest BCUT2D eigenvalue weighted by molar-refractivity contribution is -0.133. The van der Waals surface area contributed by atoms with Crippen LogP contribution in [0.25, 0.3) is 11.3 Å². The third-order valence-electron chi connectivity index (χ3n) is 5.18. The fourth-order valence-electron chi connectivity index (χ4n) is 3.73. The van der Waals surface area contributed by atoms with Crippen molar-refractivity contribution < 1.29 is 9.59 Å². The van der Waals surface area contributed by atoms with Crippen LogP contribution in [0.5, 0.6) is 0 Å². The van der Waals surface area contributed by atoms with Crippen molar-refractivity contribution in [2.75, 3.05) is 11.9 Å². The van der Waals surface area contributed by atoms with Crippen molar-refractivity contribution in [2.45, 2.75) is 25.9 Å². The molecular formula is C22H23N5O2. The molecule has 7 nitrogen and oxygen atoms in total. The van der Waals surface area contributed by atoms with Gasteiger partial charge in [-0.25, -0.2) is 0 Å². The van der Waals surface area contributed by atoms with Gasteiger partial charge >= 0.3 is 0 Å². The number of H-pyrrole nitrogens is 1. The predicted molar refractivity (Wildman–Crippen MR) is 111 cm³/mol. The number of rotatable bonds is 5. The molecule has 0 saturated carbocycles. The van der Waals surface area contributed by atoms with Crippen LogP contribution in [0.3, 0.4) is 0 Å². The monoisotopic (exact) mass is 389 g/mol. The molecule has 0 bridgehead atoms. The second-order valence-corrected chi connectivity index (χ2v) is 7.18. The summed E-state index contributed by atoms with van der Waals surface area (Å²) in [6.07, 6.45) is 0. The van der Waals surface area contributed by atoms with E-state index in [4.69, 9.17) is 5.73 Å². The van der Waals surface area contributed by atoms with E-state index in [1.807, 2.05) is 59.5 Å². The molecule has 29 heavy (non-hydrogen) atoms. The molecule has 2 heterocycles. The number of amides is 2. The van der Waals surface area contributed by atoms with Gasteiger partial charge in [0.2, 0.25) is 11.8 Å². The van der Waals surface area contributed by atoms with Gasteiger partial charge in [0.05, 0.1) is 30.4 Å². The Morgan fingerprint density at radius 3 is 2.52 bits per heavy atom. The van der Waals surface area contributed by atoms with E-state index < -0.39 is 0 Å². The number of carbonyl (C=O) groups is 2. The predicted octanol–water partition coefficient (Wildman–Crippen LogP) is 2.62. The molecule has 2 aromatic carbocycles. The first-order valence-corrected chi connectivity index (χ1v) is 9.54. The number of nitrogens with zero attached hydrogens (tertiary/aromatic N) is 2. The molecule has 3 aromatic rings. The fraction of sp³-hybridized carbons (Fsp3) is 0.227. The first kappa shape index (κ1) is 18.9. The van der Waals surface area contributed by atoms with Crippen molar-refractivity contribution in [1.82, 2.24) is 15.1 Å². The van der Waals surface area contributed by atoms with Crippen LogP contribution < -0.4 is 11.1 Å². The van der Waals surface area contributed by atoms with E-state index in [-0.39, 0.29) is 24.3 Å². The second-order valence-electron chi connectivity index (χ2n) is 7.18. The molecule has 0 fully saturated rings. The largest absolute Gasteiger partial charge is 0.332 e. The Morgan fingerprint density at radius 1 is 1.14 bits per heavy atom. The van der Waals surface area contributed by atoms with E-state index in [1.54, 1.807) is 0 Å². The molecule has 2 amide bonds. The Kier molecular flexibility index (Phi) is 5.14. The number of fused-ring (bicyclic) bond motifs is 1. The summed E-state index contributed by atoms with van der Waals surface area (Å²) in [5.74, 6) is -0.441. The third kappa shape index (κ3) is 3.77. The van der Waals surface area contributed by atoms with Crippen molar-refractivity contribution >= 4 is 17.5 Å². The summed E-state index contributed by atoms with van der Waals surface area (Å²) < 4.78 is 0. The van der Waals surface area contributed by atoms with Gasteiger partial charge in [0.25, 0.3) is 0 Å². The Balaban J connectivity index is 1.53. The number of anilines is 1. The van der Waals surface area contributed by atoms with Gasteiger partial charge < -0.3 is 16.0 Å². The van der Waals surface area contributed by atoms with E-state index in [1.165, 1.54) is 6.92 Å². The maximum absolute atomic E-state index is 13.1. The van der Waals surface area contributed by atoms with Crippen molar-refractivity contribution in [3.05, 3.63) is 71.4 Å². The molecule has 7 heteroatoms. The molecule has 1 aromatic heterocycles. The second kappa shape index (κ2) is 7.89. The van der Waals surface area contributed by atoms with Gasteiger partial charge in [-0.15, -0.1) is 0 Å². The number of hydrogen-bond acceptors (Lipinski definition) is 4. The molecular weight excluding hydrogens is 366 g/mol. The normalized spacial score (nSPS) is 13.8. The topological polar surface area (TPSA) is 104 Å². The minimum atomic E-state index is -0.353. The molecule has 0 aliphatic carbocycles. The number of nitrogens with two attached hydrogens (primary N) is 1. The third-order valence-corrected chi connectivity index (χ3v) is 5.18. The zero-order chi connectivity index (χ0) is 20.4. The maximum Gasteiger partial charge on any atom is 0.232 e. The molecule has 1 atom stereocenters. The lowest BCUT2D eigenvalue weighted by Crippen LogP contribution is -2.34. The highest BCUT2D eigenvalue weighted by Gasteiger charge is 2.32. The number of hydrogen-bond donors (Lipinski definition) is 3. The van der Waals surface area contributed by atoms with Crippen LogP contribution in [0.2, 0.25) is 0 Å². The van der Waals surface area contributed by atoms with Gasteiger partial charge in [-0.05, 0) is 17.7 Å². The first-order valence-electron chi connectivity index (χ1n) is 9.54. The minimum Gasteiger partial charge on any atom is -0.332 e. The summed E-state index contributed by atoms with van der Waals surface area (Å²) in [6, 6.07) is 17.2. The highest BCUT2D eigenvalue weighted by Crippen LogP contribution is 2.33. The van der Waals surface area contributed by atoms with Gasteiger partial charge in [0.15, 0.2) is 0 Å². The van der Waals surface area contributed by atoms with Gasteiger partial charge in [-0.2, -0.15) is 5.10 Å². The lowest BCUT2D eigenvalue weighted by atomic mass is 9.98. The molecule has 4 rings (SSSR count). The molecule has 0 saturated heterocycles. The molecule has 1 aliphatic heterocycles. The smallest absolute Gasteiger partial charge is 0.232 e. The van der Waals surface area contributed by atoms with Gasteiger partial charge in [-0.1, -0.05) is 42.5 Å². The Hall–Kier alpha value is -3.45. The summed E-state index contributed by atoms with van der Waals surface area (Å²) >= 11 is 0. The van der Waals surface area contributed by atoms with Crippen molar-refractivity contribution in [3.8, 4) is 11.3 Å². The molecule has 0 spiro atoms. The highest BCUT2D eigenvalue weighted by atomic mass is 16.2. The van der Waals surface area contributed by atoms with Gasteiger partial charge in [0.1, 0.15) is 0 Å². The Bertz CT molecular complexity index is 1030. The van der Waals surface area contributed by atoms with Crippen LogP contribution in [0, 0.1) is 0 Å². The van der Waals surface area contributed by atoms with E-state index >= 15 is 0 Å². The molecule has 4 N–H and O–H groups in total. The van der Waals surface area contributed by atoms with E-state index in [0.717, 1.165) is 33.8 Å². The van der Waals surface area contributed by atoms with Crippen LogP contribution >= 0.6 is 0 Å². The van der Waals surface area contributed by atoms with Crippen molar-refractivity contribution in [2.24, 2.45) is 5.73 Å². The number of nitrogens with one attached hydrogen (secondary N) is 2. The fourth-order valence-corrected chi connectivity index (χ4v) is 3.73. The summed E-state index contributed by atoms with van der Waals surface area (Å²) in [4.78, 5) is 26.1. The SMILES string of the molecule is CC(=O)Nc1ccc(-c2n[nH]c3c2CN(C(=O)C(CN)c2ccccc2)C3)cc1. The van der Waals surface area contributed by atoms with Crippen LogP contribution in [0.15, 0.2) is 54.6 Å². The van der Waals surface area contributed by atoms with Crippen LogP contribution in [-0.2, 0) is 22.7 Å². The van der Waals surface area contributed by atoms with Gasteiger partial charge in [-0.3, -0.25) is 14.7 Å². The lowest BCUT2D eigenvalue weighted by Gasteiger charge is -2.22. The summed E-state index contributed by atoms with van der Waals surface area (Å²) in [6.45, 7) is 2.73. The zero-order valence-electron chi connectivity index (χ0n) is 16.2. The average Bonchev–Trinajstić information content (AvgIpc) is 3.30. The summed E-state index contributed by atoms with van der Waals surface area (Å²) in [5.41, 5.74) is 11.3. The summed E-state index contributed by atoms with van der Waals surface area (Å²) in [7, 11) is 0. The summed E-state index contributed by atoms with van der Waals surface area (Å²) in [5, 5.41) is 10.3. The average molecular weight is 389 g/mol. The van der Waals surface area contributed by atoms with Crippen LogP contribution in [0.1, 0.15) is 29.7 Å². The standard InChI is InChI=1S/C22H23N5O2/c1-14(28)24-17-9-7-16(8-10-17)21-19-12-27(13-20(19)25-26-21)22(29)18(11-23)15-5-3-2-4-6-15/h2-10,18H,11-13,23H2,1H3,(H,24,28)(H,25,26). The number of aromatic amines is 1. The molecule has 1 aliphatic rings. The van der Waals surface area contributed by atoms with E-state index in [2.05, 4.69) is 15.5 Å². The van der Waals surface area contributed by atoms with Crippen LogP contribution in [0.4, 0.5) is 5.69 Å².